The van der Waals surface area contributed by atoms with Crippen LogP contribution in [-0.2, 0) is 14.3 Å². The van der Waals surface area contributed by atoms with Crippen molar-refractivity contribution in [1.29, 1.82) is 0 Å². The second-order valence-electron chi connectivity index (χ2n) is 2.48. The van der Waals surface area contributed by atoms with Crippen molar-refractivity contribution in [2.45, 2.75) is 6.42 Å². The highest BCUT2D eigenvalue weighted by Crippen LogP contribution is 2.01. The van der Waals surface area contributed by atoms with E-state index in [-0.39, 0.29) is 5.97 Å². The van der Waals surface area contributed by atoms with Gasteiger partial charge in [-0.2, -0.15) is 0 Å². The Morgan fingerprint density at radius 2 is 2.50 bits per heavy atom. The average Bonchev–Trinajstić information content (AvgIpc) is 2.33. The lowest BCUT2D eigenvalue weighted by atomic mass is 10.3. The van der Waals surface area contributed by atoms with Gasteiger partial charge in [-0.15, -0.1) is 0 Å². The molecule has 0 saturated carbocycles. The first kappa shape index (κ1) is 9.06. The van der Waals surface area contributed by atoms with Crippen LogP contribution in [-0.4, -0.2) is 32.8 Å². The molecular formula is C8H13NO3. The monoisotopic (exact) mass is 171 g/mol. The van der Waals surface area contributed by atoms with E-state index in [9.17, 15) is 4.79 Å². The van der Waals surface area contributed by atoms with Gasteiger partial charge >= 0.3 is 5.97 Å². The molecule has 1 heterocycles. The Morgan fingerprint density at radius 3 is 3.25 bits per heavy atom. The molecule has 0 aromatic heterocycles. The molecule has 12 heavy (non-hydrogen) atoms. The highest BCUT2D eigenvalue weighted by atomic mass is 16.5. The Kier molecular flexibility index (Phi) is 3.60. The molecule has 0 bridgehead atoms. The molecule has 1 aliphatic rings. The highest BCUT2D eigenvalue weighted by molar-refractivity contribution is 5.82. The Balaban J connectivity index is 2.47. The molecule has 1 saturated heterocycles. The summed E-state index contributed by atoms with van der Waals surface area (Å²) in [4.78, 5) is 10.8. The predicted octanol–water partition coefficient (Wildman–Crippen LogP) is 0.0532. The fraction of sp³-hybridized carbons (Fsp3) is 0.625. The maximum atomic E-state index is 10.8. The molecule has 1 rings (SSSR count). The van der Waals surface area contributed by atoms with Gasteiger partial charge in [0.2, 0.25) is 0 Å². The lowest BCUT2D eigenvalue weighted by Gasteiger charge is -2.03. The smallest absolute Gasteiger partial charge is 0.332 e. The van der Waals surface area contributed by atoms with Crippen molar-refractivity contribution in [1.82, 2.24) is 5.32 Å². The molecule has 0 atom stereocenters. The van der Waals surface area contributed by atoms with E-state index >= 15 is 0 Å². The molecule has 0 aliphatic carbocycles. The molecule has 0 amide bonds. The van der Waals surface area contributed by atoms with Gasteiger partial charge in [0, 0.05) is 24.7 Å². The maximum absolute atomic E-state index is 10.8. The third kappa shape index (κ3) is 2.92. The van der Waals surface area contributed by atoms with E-state index < -0.39 is 0 Å². The number of carbonyl (C=O) groups is 1. The van der Waals surface area contributed by atoms with Crippen LogP contribution in [0.1, 0.15) is 6.42 Å². The first-order valence-corrected chi connectivity index (χ1v) is 3.93. The van der Waals surface area contributed by atoms with E-state index in [1.54, 1.807) is 0 Å². The van der Waals surface area contributed by atoms with Gasteiger partial charge in [0.1, 0.15) is 0 Å². The maximum Gasteiger partial charge on any atom is 0.332 e. The van der Waals surface area contributed by atoms with E-state index in [2.05, 4.69) is 10.1 Å². The van der Waals surface area contributed by atoms with Crippen LogP contribution in [0.2, 0.25) is 0 Å². The number of hydrogen-bond donors (Lipinski definition) is 1. The average molecular weight is 171 g/mol. The summed E-state index contributed by atoms with van der Waals surface area (Å²) < 4.78 is 9.68. The third-order valence-electron chi connectivity index (χ3n) is 1.61. The molecule has 1 aliphatic heterocycles. The molecule has 0 radical (unpaired) electrons. The molecule has 68 valence electrons. The summed E-state index contributed by atoms with van der Waals surface area (Å²) in [6, 6.07) is 0. The summed E-state index contributed by atoms with van der Waals surface area (Å²) in [7, 11) is 1.37. The van der Waals surface area contributed by atoms with Crippen LogP contribution in [0.4, 0.5) is 0 Å². The molecule has 0 aromatic rings. The Hall–Kier alpha value is -1.03. The molecule has 1 N–H and O–H groups in total. The largest absolute Gasteiger partial charge is 0.466 e. The SMILES string of the molecule is COC(=O)/C=C1/CCOCCN1. The van der Waals surface area contributed by atoms with Gasteiger partial charge in [0.15, 0.2) is 0 Å². The molecule has 0 spiro atoms. The van der Waals surface area contributed by atoms with Crippen LogP contribution in [0.5, 0.6) is 0 Å². The fourth-order valence-corrected chi connectivity index (χ4v) is 0.981. The van der Waals surface area contributed by atoms with Crippen molar-refractivity contribution >= 4 is 5.97 Å². The number of ether oxygens (including phenoxy) is 2. The first-order chi connectivity index (χ1) is 5.83. The van der Waals surface area contributed by atoms with Gasteiger partial charge in [0.05, 0.1) is 20.3 Å². The lowest BCUT2D eigenvalue weighted by Crippen LogP contribution is -2.16. The number of carbonyl (C=O) groups excluding carboxylic acids is 1. The third-order valence-corrected chi connectivity index (χ3v) is 1.61. The van der Waals surface area contributed by atoms with Gasteiger partial charge in [0.25, 0.3) is 0 Å². The quantitative estimate of drug-likeness (QED) is 0.447. The van der Waals surface area contributed by atoms with Crippen LogP contribution in [0, 0.1) is 0 Å². The van der Waals surface area contributed by atoms with Crippen LogP contribution in [0.25, 0.3) is 0 Å². The summed E-state index contributed by atoms with van der Waals surface area (Å²) >= 11 is 0. The van der Waals surface area contributed by atoms with Crippen LogP contribution in [0.3, 0.4) is 0 Å². The highest BCUT2D eigenvalue weighted by Gasteiger charge is 2.04. The van der Waals surface area contributed by atoms with Gasteiger partial charge in [-0.05, 0) is 0 Å². The minimum absolute atomic E-state index is 0.320. The van der Waals surface area contributed by atoms with Gasteiger partial charge < -0.3 is 14.8 Å². The van der Waals surface area contributed by atoms with E-state index in [1.807, 2.05) is 0 Å². The number of methoxy groups -OCH3 is 1. The standard InChI is InChI=1S/C8H13NO3/c1-11-8(10)6-7-2-4-12-5-3-9-7/h6,9H,2-5H2,1H3/b7-6-. The fourth-order valence-electron chi connectivity index (χ4n) is 0.981. The minimum atomic E-state index is -0.320. The van der Waals surface area contributed by atoms with Crippen molar-refractivity contribution in [2.75, 3.05) is 26.9 Å². The van der Waals surface area contributed by atoms with Crippen molar-refractivity contribution in [3.63, 3.8) is 0 Å². The Morgan fingerprint density at radius 1 is 1.67 bits per heavy atom. The molecule has 4 heteroatoms. The van der Waals surface area contributed by atoms with Crippen LogP contribution >= 0.6 is 0 Å². The van der Waals surface area contributed by atoms with Crippen LogP contribution in [0.15, 0.2) is 11.8 Å². The summed E-state index contributed by atoms with van der Waals surface area (Å²) in [5, 5.41) is 3.08. The number of nitrogens with one attached hydrogen (secondary N) is 1. The van der Waals surface area contributed by atoms with Gasteiger partial charge in [-0.1, -0.05) is 0 Å². The summed E-state index contributed by atoms with van der Waals surface area (Å²) in [5.41, 5.74) is 0.888. The number of hydrogen-bond acceptors (Lipinski definition) is 4. The van der Waals surface area contributed by atoms with Crippen molar-refractivity contribution in [3.05, 3.63) is 11.8 Å². The van der Waals surface area contributed by atoms with Gasteiger partial charge in [-0.25, -0.2) is 4.79 Å². The van der Waals surface area contributed by atoms with Gasteiger partial charge in [-0.3, -0.25) is 0 Å². The predicted molar refractivity (Wildman–Crippen MR) is 43.5 cm³/mol. The second-order valence-corrected chi connectivity index (χ2v) is 2.48. The lowest BCUT2D eigenvalue weighted by molar-refractivity contribution is -0.134. The Labute approximate surface area is 71.5 Å². The zero-order chi connectivity index (χ0) is 8.81. The zero-order valence-corrected chi connectivity index (χ0v) is 7.13. The Bertz CT molecular complexity index is 179. The summed E-state index contributed by atoms with van der Waals surface area (Å²) in [5.74, 6) is -0.320. The first-order valence-electron chi connectivity index (χ1n) is 3.93. The molecular weight excluding hydrogens is 158 g/mol. The van der Waals surface area contributed by atoms with Crippen LogP contribution < -0.4 is 5.32 Å². The molecule has 0 aromatic carbocycles. The van der Waals surface area contributed by atoms with Crippen molar-refractivity contribution < 1.29 is 14.3 Å². The minimum Gasteiger partial charge on any atom is -0.466 e. The molecule has 4 nitrogen and oxygen atoms in total. The van der Waals surface area contributed by atoms with E-state index in [4.69, 9.17) is 4.74 Å². The van der Waals surface area contributed by atoms with E-state index in [0.717, 1.165) is 18.7 Å². The normalized spacial score (nSPS) is 21.2. The van der Waals surface area contributed by atoms with E-state index in [1.165, 1.54) is 13.2 Å². The molecule has 0 unspecified atom stereocenters. The number of rotatable bonds is 1. The second kappa shape index (κ2) is 4.77. The van der Waals surface area contributed by atoms with E-state index in [0.29, 0.717) is 13.2 Å². The number of esters is 1. The zero-order valence-electron chi connectivity index (χ0n) is 7.13. The summed E-state index contributed by atoms with van der Waals surface area (Å²) in [6.45, 7) is 2.11. The van der Waals surface area contributed by atoms with Crippen molar-refractivity contribution in [3.8, 4) is 0 Å². The molecule has 1 fully saturated rings. The van der Waals surface area contributed by atoms with Crippen molar-refractivity contribution in [2.24, 2.45) is 0 Å². The summed E-state index contributed by atoms with van der Waals surface area (Å²) in [6.07, 6.45) is 2.21. The topological polar surface area (TPSA) is 47.6 Å².